The number of allylic oxidation sites excluding steroid dienone is 3. The molecule has 0 bridgehead atoms. The number of aromatic nitrogens is 1. The van der Waals surface area contributed by atoms with Crippen molar-refractivity contribution in [2.45, 2.75) is 84.3 Å². The molecule has 48 heavy (non-hydrogen) atoms. The molecule has 1 aromatic carbocycles. The van der Waals surface area contributed by atoms with Gasteiger partial charge in [0, 0.05) is 43.3 Å². The molecule has 6 rings (SSSR count). The van der Waals surface area contributed by atoms with Crippen LogP contribution in [-0.2, 0) is 25.7 Å². The van der Waals surface area contributed by atoms with Gasteiger partial charge in [0.15, 0.2) is 0 Å². The fraction of sp³-hybridized carbons (Fsp3) is 0.538. The number of carbonyl (C=O) groups is 3. The number of fused-ring (bicyclic) bond motifs is 5. The van der Waals surface area contributed by atoms with E-state index in [1.165, 1.54) is 34.5 Å². The van der Waals surface area contributed by atoms with Crippen LogP contribution in [0.1, 0.15) is 82.8 Å². The van der Waals surface area contributed by atoms with Crippen molar-refractivity contribution in [3.63, 3.8) is 0 Å². The maximum atomic E-state index is 12.8. The Morgan fingerprint density at radius 2 is 1.71 bits per heavy atom. The number of nitrogens with zero attached hydrogens (tertiary/aromatic N) is 2. The summed E-state index contributed by atoms with van der Waals surface area (Å²) in [5.74, 6) is 1.87. The molecule has 1 aromatic heterocycles. The van der Waals surface area contributed by atoms with Crippen LogP contribution in [0.3, 0.4) is 0 Å². The van der Waals surface area contributed by atoms with Crippen molar-refractivity contribution in [3.8, 4) is 0 Å². The zero-order valence-corrected chi connectivity index (χ0v) is 29.8. The average molecular weight is 689 g/mol. The Hall–Kier alpha value is -3.04. The van der Waals surface area contributed by atoms with E-state index in [1.807, 2.05) is 42.7 Å². The van der Waals surface area contributed by atoms with Crippen molar-refractivity contribution in [2.75, 3.05) is 18.1 Å². The maximum absolute atomic E-state index is 12.8. The summed E-state index contributed by atoms with van der Waals surface area (Å²) in [7, 11) is 3.10. The molecule has 1 N–H and O–H groups in total. The Labute approximate surface area is 292 Å². The van der Waals surface area contributed by atoms with Crippen LogP contribution in [-0.4, -0.2) is 57.0 Å². The number of rotatable bonds is 13. The molecule has 2 saturated carbocycles. The lowest BCUT2D eigenvalue weighted by molar-refractivity contribution is -0.150. The molecular weight excluding hydrogens is 641 g/mol. The maximum Gasteiger partial charge on any atom is 0.323 e. The van der Waals surface area contributed by atoms with Gasteiger partial charge in [-0.15, -0.1) is 0 Å². The highest BCUT2D eigenvalue weighted by Crippen LogP contribution is 2.66. The van der Waals surface area contributed by atoms with Gasteiger partial charge in [0.2, 0.25) is 5.91 Å². The number of esters is 1. The summed E-state index contributed by atoms with van der Waals surface area (Å²) in [6, 6.07) is 13.7. The number of amides is 1. The van der Waals surface area contributed by atoms with Crippen LogP contribution in [0.2, 0.25) is 0 Å². The predicted molar refractivity (Wildman–Crippen MR) is 193 cm³/mol. The van der Waals surface area contributed by atoms with Crippen LogP contribution in [0.15, 0.2) is 72.6 Å². The Morgan fingerprint density at radius 3 is 2.46 bits per heavy atom. The summed E-state index contributed by atoms with van der Waals surface area (Å²) in [5, 5.41) is 9.26. The van der Waals surface area contributed by atoms with Crippen molar-refractivity contribution < 1.29 is 24.2 Å². The third kappa shape index (κ3) is 7.57. The molecule has 256 valence electrons. The van der Waals surface area contributed by atoms with E-state index in [1.54, 1.807) is 21.6 Å². The van der Waals surface area contributed by atoms with Gasteiger partial charge in [-0.2, -0.15) is 0 Å². The highest BCUT2D eigenvalue weighted by Gasteiger charge is 2.57. The summed E-state index contributed by atoms with van der Waals surface area (Å²) in [4.78, 5) is 42.6. The van der Waals surface area contributed by atoms with E-state index in [9.17, 15) is 19.5 Å². The molecule has 4 aliphatic rings. The van der Waals surface area contributed by atoms with Crippen LogP contribution in [0.25, 0.3) is 5.57 Å². The Balaban J connectivity index is 0.930. The zero-order valence-electron chi connectivity index (χ0n) is 28.1. The van der Waals surface area contributed by atoms with E-state index in [0.29, 0.717) is 35.7 Å². The number of aliphatic carboxylic acids is 1. The normalized spacial score (nSPS) is 29.0. The fourth-order valence-corrected chi connectivity index (χ4v) is 11.2. The van der Waals surface area contributed by atoms with Gasteiger partial charge in [0.1, 0.15) is 12.6 Å². The minimum Gasteiger partial charge on any atom is -0.480 e. The molecule has 7 nitrogen and oxygen atoms in total. The monoisotopic (exact) mass is 688 g/mol. The second-order valence-electron chi connectivity index (χ2n) is 14.4. The molecule has 2 aromatic rings. The molecule has 4 aliphatic carbocycles. The molecule has 6 atom stereocenters. The SMILES string of the molecule is C[C@]12CC[C@H](OC(=O)CCSSCCC(=O)N(CC(=O)O)Cc3ccccc3)CC1=CCC1C3CC=C(c4cccnc4)[C@@]3(C)CC[C@@H]12. The van der Waals surface area contributed by atoms with Gasteiger partial charge >= 0.3 is 11.9 Å². The van der Waals surface area contributed by atoms with Gasteiger partial charge < -0.3 is 14.7 Å². The molecule has 1 amide bonds. The van der Waals surface area contributed by atoms with Crippen LogP contribution >= 0.6 is 21.6 Å². The number of pyridine rings is 1. The van der Waals surface area contributed by atoms with Gasteiger partial charge in [-0.25, -0.2) is 0 Å². The number of ether oxygens (including phenoxy) is 1. The van der Waals surface area contributed by atoms with Crippen molar-refractivity contribution in [1.29, 1.82) is 0 Å². The van der Waals surface area contributed by atoms with Crippen LogP contribution < -0.4 is 0 Å². The zero-order chi connectivity index (χ0) is 33.7. The Bertz CT molecular complexity index is 1530. The summed E-state index contributed by atoms with van der Waals surface area (Å²) < 4.78 is 6.01. The van der Waals surface area contributed by atoms with Gasteiger partial charge in [-0.3, -0.25) is 19.4 Å². The number of carboxylic acid groups (broad SMARTS) is 1. The lowest BCUT2D eigenvalue weighted by Crippen LogP contribution is -2.50. The lowest BCUT2D eigenvalue weighted by Gasteiger charge is -2.57. The third-order valence-electron chi connectivity index (χ3n) is 11.7. The summed E-state index contributed by atoms with van der Waals surface area (Å²) in [6.07, 6.45) is 17.1. The lowest BCUT2D eigenvalue weighted by atomic mass is 9.47. The van der Waals surface area contributed by atoms with Gasteiger partial charge in [-0.1, -0.05) is 89.6 Å². The Morgan fingerprint density at radius 1 is 0.938 bits per heavy atom. The first-order valence-corrected chi connectivity index (χ1v) is 19.9. The molecule has 0 spiro atoms. The first kappa shape index (κ1) is 34.8. The molecule has 2 fully saturated rings. The van der Waals surface area contributed by atoms with E-state index in [-0.39, 0.29) is 48.3 Å². The molecule has 0 saturated heterocycles. The van der Waals surface area contributed by atoms with Crippen molar-refractivity contribution in [3.05, 3.63) is 83.7 Å². The van der Waals surface area contributed by atoms with Gasteiger partial charge in [0.05, 0.1) is 6.42 Å². The molecule has 0 aliphatic heterocycles. The second kappa shape index (κ2) is 15.2. The largest absolute Gasteiger partial charge is 0.480 e. The first-order valence-electron chi connectivity index (χ1n) is 17.5. The van der Waals surface area contributed by atoms with Crippen molar-refractivity contribution in [1.82, 2.24) is 9.88 Å². The predicted octanol–water partition coefficient (Wildman–Crippen LogP) is 8.22. The summed E-state index contributed by atoms with van der Waals surface area (Å²) >= 11 is 0. The van der Waals surface area contributed by atoms with Crippen molar-refractivity contribution in [2.24, 2.45) is 28.6 Å². The molecule has 1 heterocycles. The third-order valence-corrected chi connectivity index (χ3v) is 14.1. The topological polar surface area (TPSA) is 96.8 Å². The second-order valence-corrected chi connectivity index (χ2v) is 17.1. The average Bonchev–Trinajstić information content (AvgIpc) is 3.44. The standard InChI is InChI=1S/C39H48N2O5S2/c1-38-18-14-30(46-37(45)17-22-48-47-21-16-35(42)41(26-36(43)44)25-27-7-4-3-5-8-27)23-29(38)10-11-31-33-13-12-32(28-9-6-20-40-24-28)39(33,2)19-15-34(31)38/h3-10,12,20,24,30-31,33-34H,11,13-19,21-23,25-26H2,1-2H3,(H,43,44)/t30-,31?,33?,34-,38-,39+/m0/s1. The number of carboxylic acids is 1. The molecule has 9 heteroatoms. The smallest absolute Gasteiger partial charge is 0.323 e. The molecule has 0 radical (unpaired) electrons. The van der Waals surface area contributed by atoms with Crippen LogP contribution in [0, 0.1) is 28.6 Å². The summed E-state index contributed by atoms with van der Waals surface area (Å²) in [6.45, 7) is 4.94. The van der Waals surface area contributed by atoms with Crippen LogP contribution in [0.5, 0.6) is 0 Å². The number of carbonyl (C=O) groups excluding carboxylic acids is 2. The quantitative estimate of drug-likeness (QED) is 0.0974. The fourth-order valence-electron chi connectivity index (χ4n) is 9.24. The highest BCUT2D eigenvalue weighted by molar-refractivity contribution is 8.76. The Kier molecular flexibility index (Phi) is 11.1. The van der Waals surface area contributed by atoms with E-state index < -0.39 is 5.97 Å². The molecule has 2 unspecified atom stereocenters. The number of benzene rings is 1. The minimum absolute atomic E-state index is 0.0485. The van der Waals surface area contributed by atoms with Gasteiger partial charge in [-0.05, 0) is 89.9 Å². The minimum atomic E-state index is -1.02. The van der Waals surface area contributed by atoms with Crippen molar-refractivity contribution >= 4 is 45.0 Å². The first-order chi connectivity index (χ1) is 23.2. The van der Waals surface area contributed by atoms with E-state index >= 15 is 0 Å². The highest BCUT2D eigenvalue weighted by atomic mass is 33.1. The summed E-state index contributed by atoms with van der Waals surface area (Å²) in [5.41, 5.74) is 5.60. The van der Waals surface area contributed by atoms with E-state index in [0.717, 1.165) is 37.7 Å². The van der Waals surface area contributed by atoms with Gasteiger partial charge in [0.25, 0.3) is 0 Å². The molecular formula is C39H48N2O5S2. The van der Waals surface area contributed by atoms with E-state index in [4.69, 9.17) is 4.74 Å². The number of hydrogen-bond donors (Lipinski definition) is 1. The number of hydrogen-bond acceptors (Lipinski definition) is 7. The van der Waals surface area contributed by atoms with E-state index in [2.05, 4.69) is 43.1 Å². The van der Waals surface area contributed by atoms with Crippen LogP contribution in [0.4, 0.5) is 0 Å².